The lowest BCUT2D eigenvalue weighted by Gasteiger charge is -2.18. The van der Waals surface area contributed by atoms with Crippen molar-refractivity contribution in [1.29, 1.82) is 0 Å². The third-order valence-corrected chi connectivity index (χ3v) is 4.60. The number of nitrogens with zero attached hydrogens (tertiary/aromatic N) is 2. The first kappa shape index (κ1) is 18.2. The Labute approximate surface area is 154 Å². The van der Waals surface area contributed by atoms with Crippen molar-refractivity contribution >= 4 is 11.0 Å². The highest BCUT2D eigenvalue weighted by atomic mass is 16.3. The van der Waals surface area contributed by atoms with Crippen LogP contribution in [0.1, 0.15) is 32.3 Å². The van der Waals surface area contributed by atoms with Crippen molar-refractivity contribution in [2.75, 3.05) is 13.1 Å². The maximum Gasteiger partial charge on any atom is 0.140 e. The van der Waals surface area contributed by atoms with Gasteiger partial charge in [-0.25, -0.2) is 0 Å². The molecule has 1 aromatic carbocycles. The zero-order valence-electron chi connectivity index (χ0n) is 15.4. The monoisotopic (exact) mass is 353 g/mol. The molecule has 138 valence electrons. The molecule has 1 aromatic heterocycles. The molecule has 2 aliphatic rings. The minimum Gasteiger partial charge on any atom is -0.506 e. The van der Waals surface area contributed by atoms with Crippen molar-refractivity contribution < 1.29 is 5.11 Å². The minimum absolute atomic E-state index is 0.323. The largest absolute Gasteiger partial charge is 0.506 e. The fraction of sp³-hybridized carbons (Fsp3) is 0.400. The van der Waals surface area contributed by atoms with Crippen LogP contribution in [0.25, 0.3) is 11.0 Å². The van der Waals surface area contributed by atoms with Crippen LogP contribution < -0.4 is 16.0 Å². The van der Waals surface area contributed by atoms with E-state index in [2.05, 4.69) is 32.8 Å². The average Bonchev–Trinajstić information content (AvgIpc) is 3.14. The third-order valence-electron chi connectivity index (χ3n) is 4.60. The van der Waals surface area contributed by atoms with Gasteiger partial charge in [-0.15, -0.1) is 0 Å². The van der Waals surface area contributed by atoms with Gasteiger partial charge in [0.2, 0.25) is 0 Å². The zero-order chi connectivity index (χ0) is 18.4. The summed E-state index contributed by atoms with van der Waals surface area (Å²) in [6, 6.07) is 6.76. The first-order valence-electron chi connectivity index (χ1n) is 9.13. The van der Waals surface area contributed by atoms with E-state index in [-0.39, 0.29) is 0 Å². The Kier molecular flexibility index (Phi) is 6.07. The van der Waals surface area contributed by atoms with Crippen LogP contribution in [-0.2, 0) is 6.54 Å². The quantitative estimate of drug-likeness (QED) is 0.679. The standard InChI is InChI=1S/C15H16N4O.C5H11N/c1-10-7-16-9-14(15(10)20)19-8-11-2-3-12-13(6-11)18-5-4-17-12;1-5-3-2-4-6-5/h2-6,9,16,19-20H,7-8H2,1H3;5-6H,2-4H2,1H3/t;5-/m.0/s1. The Bertz CT molecular complexity index is 809. The second kappa shape index (κ2) is 8.67. The number of aliphatic hydroxyl groups excluding tert-OH is 1. The van der Waals surface area contributed by atoms with Gasteiger partial charge in [0.1, 0.15) is 5.76 Å². The summed E-state index contributed by atoms with van der Waals surface area (Å²) in [7, 11) is 0. The van der Waals surface area contributed by atoms with Gasteiger partial charge in [0.25, 0.3) is 0 Å². The molecule has 0 unspecified atom stereocenters. The first-order valence-corrected chi connectivity index (χ1v) is 9.13. The van der Waals surface area contributed by atoms with Crippen molar-refractivity contribution in [3.05, 3.63) is 59.4 Å². The van der Waals surface area contributed by atoms with Gasteiger partial charge in [-0.05, 0) is 56.5 Å². The van der Waals surface area contributed by atoms with Gasteiger partial charge in [0.15, 0.2) is 0 Å². The van der Waals surface area contributed by atoms with Crippen LogP contribution in [0, 0.1) is 0 Å². The van der Waals surface area contributed by atoms with Crippen molar-refractivity contribution in [2.45, 2.75) is 39.3 Å². The summed E-state index contributed by atoms with van der Waals surface area (Å²) in [6.45, 7) is 6.68. The van der Waals surface area contributed by atoms with E-state index in [0.717, 1.165) is 28.2 Å². The molecule has 0 aliphatic carbocycles. The van der Waals surface area contributed by atoms with Gasteiger partial charge in [0, 0.05) is 37.7 Å². The van der Waals surface area contributed by atoms with Crippen LogP contribution in [0.4, 0.5) is 0 Å². The molecule has 0 radical (unpaired) electrons. The molecule has 0 spiro atoms. The molecule has 1 saturated heterocycles. The molecule has 2 aromatic rings. The lowest BCUT2D eigenvalue weighted by Crippen LogP contribution is -2.24. The van der Waals surface area contributed by atoms with Crippen LogP contribution in [0.5, 0.6) is 0 Å². The summed E-state index contributed by atoms with van der Waals surface area (Å²) >= 11 is 0. The molecule has 4 rings (SSSR count). The summed E-state index contributed by atoms with van der Waals surface area (Å²) in [5.74, 6) is 0.323. The lowest BCUT2D eigenvalue weighted by atomic mass is 10.1. The highest BCUT2D eigenvalue weighted by Crippen LogP contribution is 2.15. The van der Waals surface area contributed by atoms with Crippen LogP contribution in [-0.4, -0.2) is 34.2 Å². The number of aliphatic hydroxyl groups is 1. The van der Waals surface area contributed by atoms with Gasteiger partial charge in [-0.3, -0.25) is 9.97 Å². The SMILES string of the molecule is CC1=C(O)C(NCc2ccc3nccnc3c2)=CNC1.C[C@H]1CCCN1. The maximum absolute atomic E-state index is 9.97. The smallest absolute Gasteiger partial charge is 0.140 e. The third kappa shape index (κ3) is 4.73. The minimum atomic E-state index is 0.323. The van der Waals surface area contributed by atoms with Gasteiger partial charge in [0.05, 0.1) is 16.7 Å². The Hall–Kier alpha value is -2.60. The number of rotatable bonds is 3. The van der Waals surface area contributed by atoms with E-state index < -0.39 is 0 Å². The number of hydrogen-bond acceptors (Lipinski definition) is 6. The molecular weight excluding hydrogens is 326 g/mol. The second-order valence-electron chi connectivity index (χ2n) is 6.80. The predicted octanol–water partition coefficient (Wildman–Crippen LogP) is 2.75. The first-order chi connectivity index (χ1) is 12.6. The van der Waals surface area contributed by atoms with Crippen molar-refractivity contribution in [2.24, 2.45) is 0 Å². The van der Waals surface area contributed by atoms with Crippen molar-refractivity contribution in [1.82, 2.24) is 25.9 Å². The van der Waals surface area contributed by atoms with E-state index >= 15 is 0 Å². The molecule has 6 nitrogen and oxygen atoms in total. The Morgan fingerprint density at radius 1 is 1.23 bits per heavy atom. The van der Waals surface area contributed by atoms with Gasteiger partial charge in [-0.2, -0.15) is 0 Å². The van der Waals surface area contributed by atoms with Gasteiger partial charge >= 0.3 is 0 Å². The lowest BCUT2D eigenvalue weighted by molar-refractivity contribution is 0.399. The number of fused-ring (bicyclic) bond motifs is 1. The van der Waals surface area contributed by atoms with E-state index in [4.69, 9.17) is 0 Å². The fourth-order valence-corrected chi connectivity index (χ4v) is 3.00. The highest BCUT2D eigenvalue weighted by molar-refractivity contribution is 5.74. The summed E-state index contributed by atoms with van der Waals surface area (Å²) in [5.41, 5.74) is 4.49. The molecule has 0 bridgehead atoms. The molecular formula is C20H27N5O. The molecule has 1 fully saturated rings. The van der Waals surface area contributed by atoms with E-state index in [9.17, 15) is 5.11 Å². The van der Waals surface area contributed by atoms with E-state index in [1.807, 2.05) is 25.1 Å². The van der Waals surface area contributed by atoms with E-state index in [1.165, 1.54) is 19.4 Å². The molecule has 6 heteroatoms. The molecule has 3 heterocycles. The Morgan fingerprint density at radius 3 is 2.73 bits per heavy atom. The highest BCUT2D eigenvalue weighted by Gasteiger charge is 2.11. The summed E-state index contributed by atoms with van der Waals surface area (Å²) in [6.07, 6.45) is 7.92. The van der Waals surface area contributed by atoms with Crippen LogP contribution in [0.3, 0.4) is 0 Å². The van der Waals surface area contributed by atoms with Crippen molar-refractivity contribution in [3.8, 4) is 0 Å². The van der Waals surface area contributed by atoms with Crippen molar-refractivity contribution in [3.63, 3.8) is 0 Å². The maximum atomic E-state index is 9.97. The second-order valence-corrected chi connectivity index (χ2v) is 6.80. The summed E-state index contributed by atoms with van der Waals surface area (Å²) in [4.78, 5) is 8.53. The van der Waals surface area contributed by atoms with Crippen LogP contribution in [0.2, 0.25) is 0 Å². The zero-order valence-corrected chi connectivity index (χ0v) is 15.4. The number of aromatic nitrogens is 2. The van der Waals surface area contributed by atoms with Crippen LogP contribution >= 0.6 is 0 Å². The van der Waals surface area contributed by atoms with Gasteiger partial charge < -0.3 is 21.1 Å². The number of hydrogen-bond donors (Lipinski definition) is 4. The fourth-order valence-electron chi connectivity index (χ4n) is 3.00. The number of benzene rings is 1. The number of nitrogens with one attached hydrogen (secondary N) is 3. The molecule has 4 N–H and O–H groups in total. The average molecular weight is 353 g/mol. The molecule has 2 aliphatic heterocycles. The summed E-state index contributed by atoms with van der Waals surface area (Å²) < 4.78 is 0. The van der Waals surface area contributed by atoms with E-state index in [0.29, 0.717) is 24.5 Å². The molecule has 1 atom stereocenters. The normalized spacial score (nSPS) is 19.5. The van der Waals surface area contributed by atoms with Crippen LogP contribution in [0.15, 0.2) is 53.8 Å². The Balaban J connectivity index is 0.000000278. The molecule has 26 heavy (non-hydrogen) atoms. The predicted molar refractivity (Wildman–Crippen MR) is 104 cm³/mol. The molecule has 0 saturated carbocycles. The van der Waals surface area contributed by atoms with E-state index in [1.54, 1.807) is 18.6 Å². The van der Waals surface area contributed by atoms with Gasteiger partial charge in [-0.1, -0.05) is 6.07 Å². The summed E-state index contributed by atoms with van der Waals surface area (Å²) in [5, 5.41) is 19.6. The molecule has 0 amide bonds. The Morgan fingerprint density at radius 2 is 2.04 bits per heavy atom. The number of dihydropyridines is 1. The topological polar surface area (TPSA) is 82.1 Å².